The van der Waals surface area contributed by atoms with Gasteiger partial charge in [-0.2, -0.15) is 0 Å². The van der Waals surface area contributed by atoms with Crippen LogP contribution in [-0.2, 0) is 6.42 Å². The lowest BCUT2D eigenvalue weighted by Gasteiger charge is -2.34. The molecule has 1 aromatic carbocycles. The highest BCUT2D eigenvalue weighted by Crippen LogP contribution is 2.43. The zero-order valence-electron chi connectivity index (χ0n) is 18.9. The number of hydrogen-bond donors (Lipinski definition) is 3. The number of fused-ring (bicyclic) bond motifs is 2. The molecule has 0 radical (unpaired) electrons. The first-order chi connectivity index (χ1) is 15.5. The van der Waals surface area contributed by atoms with E-state index in [1.54, 1.807) is 13.2 Å². The number of hydrogen-bond acceptors (Lipinski definition) is 5. The minimum absolute atomic E-state index is 0.210. The van der Waals surface area contributed by atoms with Crippen molar-refractivity contribution in [1.29, 1.82) is 0 Å². The Hall–Kier alpha value is -3.61. The summed E-state index contributed by atoms with van der Waals surface area (Å²) in [5.41, 5.74) is 13.5. The molecular weight excluding hydrogens is 400 g/mol. The van der Waals surface area contributed by atoms with Crippen molar-refractivity contribution in [2.24, 2.45) is 0 Å². The molecule has 0 bridgehead atoms. The number of H-pyrrole nitrogens is 1. The van der Waals surface area contributed by atoms with E-state index in [9.17, 15) is 4.79 Å². The molecule has 1 fully saturated rings. The normalized spacial score (nSPS) is 15.0. The number of anilines is 1. The first kappa shape index (κ1) is 21.6. The Bertz CT molecular complexity index is 1200. The second-order valence-corrected chi connectivity index (χ2v) is 8.04. The Morgan fingerprint density at radius 3 is 2.72 bits per heavy atom. The number of aromatic amines is 1. The Kier molecular flexibility index (Phi) is 5.99. The van der Waals surface area contributed by atoms with E-state index in [4.69, 9.17) is 5.73 Å². The molecule has 4 N–H and O–H groups in total. The highest BCUT2D eigenvalue weighted by molar-refractivity contribution is 6.09. The zero-order chi connectivity index (χ0) is 22.8. The summed E-state index contributed by atoms with van der Waals surface area (Å²) >= 11 is 0. The van der Waals surface area contributed by atoms with Crippen molar-refractivity contribution in [3.8, 4) is 0 Å². The second-order valence-electron chi connectivity index (χ2n) is 8.04. The number of nitrogens with one attached hydrogen (secondary N) is 2. The van der Waals surface area contributed by atoms with Crippen LogP contribution in [0.25, 0.3) is 22.8 Å². The average Bonchev–Trinajstić information content (AvgIpc) is 3.55. The first-order valence-corrected chi connectivity index (χ1v) is 11.1. The van der Waals surface area contributed by atoms with E-state index >= 15 is 0 Å². The predicted octanol–water partition coefficient (Wildman–Crippen LogP) is 4.35. The fourth-order valence-corrected chi connectivity index (χ4v) is 4.29. The lowest BCUT2D eigenvalue weighted by molar-refractivity contribution is 0.0964. The Balaban J connectivity index is 0.000000158. The minimum atomic E-state index is -0.210. The van der Waals surface area contributed by atoms with E-state index in [1.807, 2.05) is 0 Å². The number of carbonyl (C=O) groups is 1. The number of nitrogens with zero attached hydrogens (tertiary/aromatic N) is 3. The monoisotopic (exact) mass is 430 g/mol. The van der Waals surface area contributed by atoms with Crippen LogP contribution in [0.2, 0.25) is 0 Å². The van der Waals surface area contributed by atoms with Gasteiger partial charge in [0.2, 0.25) is 0 Å². The van der Waals surface area contributed by atoms with E-state index in [0.29, 0.717) is 28.5 Å². The number of aryl methyl sites for hydroxylation is 1. The van der Waals surface area contributed by atoms with Crippen LogP contribution in [-0.4, -0.2) is 38.8 Å². The fraction of sp³-hybridized carbons (Fsp3) is 0.320. The lowest BCUT2D eigenvalue weighted by atomic mass is 9.92. The molecule has 32 heavy (non-hydrogen) atoms. The third-order valence-electron chi connectivity index (χ3n) is 6.02. The molecule has 7 heteroatoms. The molecule has 0 unspecified atom stereocenters. The second kappa shape index (κ2) is 8.86. The van der Waals surface area contributed by atoms with Gasteiger partial charge in [-0.25, -0.2) is 9.97 Å². The van der Waals surface area contributed by atoms with Crippen LogP contribution in [0.5, 0.6) is 0 Å². The molecule has 2 aromatic heterocycles. The third-order valence-corrected chi connectivity index (χ3v) is 6.02. The number of allylic oxidation sites excluding steroid dienone is 1. The summed E-state index contributed by atoms with van der Waals surface area (Å²) in [6.45, 7) is 8.85. The quantitative estimate of drug-likeness (QED) is 0.571. The number of amides is 1. The number of carbonyl (C=O) groups excluding carboxylic acids is 1. The van der Waals surface area contributed by atoms with Gasteiger partial charge in [-0.1, -0.05) is 38.6 Å². The zero-order valence-corrected chi connectivity index (χ0v) is 18.9. The maximum atomic E-state index is 11.4. The van der Waals surface area contributed by atoms with Crippen LogP contribution in [0.4, 0.5) is 5.82 Å². The summed E-state index contributed by atoms with van der Waals surface area (Å²) in [5, 5.41) is 3.08. The molecule has 3 aromatic rings. The van der Waals surface area contributed by atoms with Crippen molar-refractivity contribution in [3.05, 3.63) is 65.3 Å². The molecule has 1 saturated carbocycles. The van der Waals surface area contributed by atoms with E-state index < -0.39 is 0 Å². The summed E-state index contributed by atoms with van der Waals surface area (Å²) in [6, 6.07) is 7.34. The van der Waals surface area contributed by atoms with E-state index in [2.05, 4.69) is 69.9 Å². The summed E-state index contributed by atoms with van der Waals surface area (Å²) in [7, 11) is 1.56. The van der Waals surface area contributed by atoms with Crippen LogP contribution >= 0.6 is 0 Å². The summed E-state index contributed by atoms with van der Waals surface area (Å²) in [6.07, 6.45) is 10.1. The van der Waals surface area contributed by atoms with Gasteiger partial charge >= 0.3 is 0 Å². The molecule has 1 amide bonds. The summed E-state index contributed by atoms with van der Waals surface area (Å²) < 4.78 is 0. The Morgan fingerprint density at radius 2 is 2.06 bits per heavy atom. The van der Waals surface area contributed by atoms with Gasteiger partial charge in [0.1, 0.15) is 17.8 Å². The molecule has 1 aliphatic carbocycles. The highest BCUT2D eigenvalue weighted by Gasteiger charge is 2.34. The average molecular weight is 431 g/mol. The van der Waals surface area contributed by atoms with Gasteiger partial charge in [0.15, 0.2) is 0 Å². The van der Waals surface area contributed by atoms with Crippen molar-refractivity contribution >= 4 is 34.5 Å². The molecule has 0 atom stereocenters. The third kappa shape index (κ3) is 3.86. The van der Waals surface area contributed by atoms with Crippen molar-refractivity contribution in [3.63, 3.8) is 0 Å². The van der Waals surface area contributed by atoms with Crippen LogP contribution in [0.15, 0.2) is 43.0 Å². The molecular formula is C25H30N6O. The number of rotatable bonds is 4. The maximum absolute atomic E-state index is 11.4. The van der Waals surface area contributed by atoms with Gasteiger partial charge in [-0.15, -0.1) is 0 Å². The topological polar surface area (TPSA) is 99.9 Å². The molecule has 7 nitrogen and oxygen atoms in total. The van der Waals surface area contributed by atoms with Crippen LogP contribution in [0, 0.1) is 0 Å². The summed E-state index contributed by atoms with van der Waals surface area (Å²) in [4.78, 5) is 24.5. The largest absolute Gasteiger partial charge is 0.383 e. The molecule has 166 valence electrons. The van der Waals surface area contributed by atoms with Crippen molar-refractivity contribution in [1.82, 2.24) is 25.2 Å². The lowest BCUT2D eigenvalue weighted by Crippen LogP contribution is -2.26. The molecule has 1 aliphatic heterocycles. The van der Waals surface area contributed by atoms with Gasteiger partial charge in [0.05, 0.1) is 10.9 Å². The standard InChI is InChI=1S/C17H21N.C8H9N5O/c1-4-13-7-6-8-14-11-15(5-2)18(16-9-10-16)12(3)17(13)14;1-10-8(14)4-2-11-7-5(4)6(9)12-3-13-7/h6-8,11,16H,3-5,9-10H2,1-2H3;2-3H,1H3,(H,10,14)(H3,9,11,12,13). The molecule has 2 aliphatic rings. The van der Waals surface area contributed by atoms with E-state index in [0.717, 1.165) is 12.8 Å². The number of benzene rings is 1. The fourth-order valence-electron chi connectivity index (χ4n) is 4.29. The van der Waals surface area contributed by atoms with Gasteiger partial charge in [-0.3, -0.25) is 4.79 Å². The number of nitrogens with two attached hydrogens (primary N) is 1. The maximum Gasteiger partial charge on any atom is 0.253 e. The Labute approximate surface area is 188 Å². The predicted molar refractivity (Wildman–Crippen MR) is 130 cm³/mol. The van der Waals surface area contributed by atoms with Gasteiger partial charge < -0.3 is 20.9 Å². The molecule has 0 saturated heterocycles. The smallest absolute Gasteiger partial charge is 0.253 e. The molecule has 5 rings (SSSR count). The van der Waals surface area contributed by atoms with Gasteiger partial charge in [0.25, 0.3) is 5.91 Å². The van der Waals surface area contributed by atoms with Crippen LogP contribution < -0.4 is 11.1 Å². The van der Waals surface area contributed by atoms with Crippen LogP contribution in [0.1, 0.15) is 60.2 Å². The minimum Gasteiger partial charge on any atom is -0.383 e. The summed E-state index contributed by atoms with van der Waals surface area (Å²) in [5.74, 6) is 0.0904. The number of nitrogen functional groups attached to an aromatic ring is 1. The molecule has 3 heterocycles. The van der Waals surface area contributed by atoms with E-state index in [-0.39, 0.29) is 5.91 Å². The van der Waals surface area contributed by atoms with Crippen LogP contribution in [0.3, 0.4) is 0 Å². The highest BCUT2D eigenvalue weighted by atomic mass is 16.1. The Morgan fingerprint density at radius 1 is 1.28 bits per heavy atom. The van der Waals surface area contributed by atoms with Crippen molar-refractivity contribution in [2.45, 2.75) is 45.6 Å². The van der Waals surface area contributed by atoms with Gasteiger partial charge in [-0.05, 0) is 42.9 Å². The SMILES string of the molecule is C=C1c2c(cccc2CC)C=C(CC)N1C1CC1.CNC(=O)c1c[nH]c2ncnc(N)c12. The van der Waals surface area contributed by atoms with Crippen molar-refractivity contribution in [2.75, 3.05) is 12.8 Å². The number of aromatic nitrogens is 3. The van der Waals surface area contributed by atoms with E-state index in [1.165, 1.54) is 47.3 Å². The first-order valence-electron chi connectivity index (χ1n) is 11.1. The molecule has 0 spiro atoms. The van der Waals surface area contributed by atoms with Gasteiger partial charge in [0, 0.05) is 36.2 Å². The van der Waals surface area contributed by atoms with Crippen molar-refractivity contribution < 1.29 is 4.79 Å².